The molecule has 76 valence electrons. The number of hydrogen-bond acceptors (Lipinski definition) is 2. The summed E-state index contributed by atoms with van der Waals surface area (Å²) in [6, 6.07) is 2.22. The second-order valence-corrected chi connectivity index (χ2v) is 3.47. The summed E-state index contributed by atoms with van der Waals surface area (Å²) in [7, 11) is 1.36. The Hall–Kier alpha value is -0.610. The van der Waals surface area contributed by atoms with Gasteiger partial charge < -0.3 is 4.74 Å². The largest absolute Gasteiger partial charge is 0.495 e. The molecule has 0 N–H and O–H groups in total. The standard InChI is InChI=1S/C9H7BrClFO2/c1-14-8-3-5(12)2-6(9(8)11)7(13)4-10/h2-3H,4H2,1H3. The fourth-order valence-electron chi connectivity index (χ4n) is 0.988. The highest BCUT2D eigenvalue weighted by Gasteiger charge is 2.15. The molecular weight excluding hydrogens is 274 g/mol. The Labute approximate surface area is 94.1 Å². The minimum atomic E-state index is -0.546. The number of ketones is 1. The van der Waals surface area contributed by atoms with Crippen molar-refractivity contribution in [2.45, 2.75) is 0 Å². The van der Waals surface area contributed by atoms with Gasteiger partial charge in [0.25, 0.3) is 0 Å². The molecular formula is C9H7BrClFO2. The number of ether oxygens (including phenoxy) is 1. The number of carbonyl (C=O) groups excluding carboxylic acids is 1. The van der Waals surface area contributed by atoms with Gasteiger partial charge in [0.05, 0.1) is 17.5 Å². The Bertz CT molecular complexity index is 368. The molecule has 0 spiro atoms. The maximum absolute atomic E-state index is 13.0. The number of carbonyl (C=O) groups is 1. The molecule has 0 aliphatic rings. The zero-order valence-electron chi connectivity index (χ0n) is 7.31. The third-order valence-corrected chi connectivity index (χ3v) is 2.54. The van der Waals surface area contributed by atoms with Gasteiger partial charge in [0.15, 0.2) is 5.78 Å². The number of benzene rings is 1. The van der Waals surface area contributed by atoms with Crippen molar-refractivity contribution in [3.8, 4) is 5.75 Å². The molecule has 0 saturated heterocycles. The fourth-order valence-corrected chi connectivity index (χ4v) is 1.58. The van der Waals surface area contributed by atoms with Crippen LogP contribution in [0.15, 0.2) is 12.1 Å². The van der Waals surface area contributed by atoms with Gasteiger partial charge in [-0.3, -0.25) is 4.79 Å². The van der Waals surface area contributed by atoms with Gasteiger partial charge in [-0.25, -0.2) is 4.39 Å². The zero-order chi connectivity index (χ0) is 10.7. The van der Waals surface area contributed by atoms with Crippen LogP contribution < -0.4 is 4.74 Å². The van der Waals surface area contributed by atoms with E-state index in [1.807, 2.05) is 0 Å². The summed E-state index contributed by atoms with van der Waals surface area (Å²) in [5, 5.41) is 0.234. The van der Waals surface area contributed by atoms with Gasteiger partial charge >= 0.3 is 0 Å². The molecule has 0 aliphatic carbocycles. The Morgan fingerprint density at radius 1 is 1.64 bits per heavy atom. The quantitative estimate of drug-likeness (QED) is 0.629. The normalized spacial score (nSPS) is 10.0. The molecule has 0 amide bonds. The molecule has 1 aromatic rings. The van der Waals surface area contributed by atoms with Gasteiger partial charge in [0.1, 0.15) is 11.6 Å². The van der Waals surface area contributed by atoms with E-state index in [2.05, 4.69) is 15.9 Å². The number of Topliss-reactive ketones (excluding diaryl/α,β-unsaturated/α-hetero) is 1. The molecule has 0 unspecified atom stereocenters. The van der Waals surface area contributed by atoms with E-state index in [0.717, 1.165) is 12.1 Å². The van der Waals surface area contributed by atoms with Gasteiger partial charge in [0, 0.05) is 11.6 Å². The molecule has 0 aliphatic heterocycles. The lowest BCUT2D eigenvalue weighted by molar-refractivity contribution is 0.102. The van der Waals surface area contributed by atoms with Crippen molar-refractivity contribution in [1.29, 1.82) is 0 Å². The molecule has 2 nitrogen and oxygen atoms in total. The van der Waals surface area contributed by atoms with Crippen molar-refractivity contribution in [1.82, 2.24) is 0 Å². The smallest absolute Gasteiger partial charge is 0.175 e. The molecule has 0 radical (unpaired) electrons. The molecule has 0 saturated carbocycles. The number of halogens is 3. The number of hydrogen-bond donors (Lipinski definition) is 0. The Kier molecular flexibility index (Phi) is 3.89. The highest BCUT2D eigenvalue weighted by molar-refractivity contribution is 9.09. The van der Waals surface area contributed by atoms with Gasteiger partial charge in [-0.05, 0) is 6.07 Å². The van der Waals surface area contributed by atoms with E-state index in [9.17, 15) is 9.18 Å². The predicted octanol–water partition coefficient (Wildman–Crippen LogP) is 3.07. The molecule has 0 bridgehead atoms. The van der Waals surface area contributed by atoms with E-state index in [-0.39, 0.29) is 27.4 Å². The van der Waals surface area contributed by atoms with Crippen LogP contribution >= 0.6 is 27.5 Å². The highest BCUT2D eigenvalue weighted by Crippen LogP contribution is 2.29. The topological polar surface area (TPSA) is 26.3 Å². The van der Waals surface area contributed by atoms with Crippen molar-refractivity contribution >= 4 is 33.3 Å². The Morgan fingerprint density at radius 3 is 2.79 bits per heavy atom. The molecule has 14 heavy (non-hydrogen) atoms. The summed E-state index contributed by atoms with van der Waals surface area (Å²) in [5.74, 6) is -0.667. The number of rotatable bonds is 3. The molecule has 0 heterocycles. The highest BCUT2D eigenvalue weighted by atomic mass is 79.9. The fraction of sp³-hybridized carbons (Fsp3) is 0.222. The number of methoxy groups -OCH3 is 1. The van der Waals surface area contributed by atoms with Crippen molar-refractivity contribution < 1.29 is 13.9 Å². The zero-order valence-corrected chi connectivity index (χ0v) is 9.65. The molecule has 1 rings (SSSR count). The molecule has 1 aromatic carbocycles. The van der Waals surface area contributed by atoms with E-state index >= 15 is 0 Å². The third-order valence-electron chi connectivity index (χ3n) is 1.65. The maximum Gasteiger partial charge on any atom is 0.175 e. The Morgan fingerprint density at radius 2 is 2.29 bits per heavy atom. The van der Waals surface area contributed by atoms with Crippen LogP contribution in [0.1, 0.15) is 10.4 Å². The van der Waals surface area contributed by atoms with Crippen molar-refractivity contribution in [3.63, 3.8) is 0 Å². The van der Waals surface area contributed by atoms with Crippen LogP contribution in [-0.2, 0) is 0 Å². The SMILES string of the molecule is COc1cc(F)cc(C(=O)CBr)c1Cl. The van der Waals surface area contributed by atoms with E-state index in [0.29, 0.717) is 0 Å². The lowest BCUT2D eigenvalue weighted by Crippen LogP contribution is -2.03. The molecule has 0 fully saturated rings. The van der Waals surface area contributed by atoms with E-state index in [1.165, 1.54) is 7.11 Å². The van der Waals surface area contributed by atoms with Gasteiger partial charge in [-0.2, -0.15) is 0 Å². The van der Waals surface area contributed by atoms with Gasteiger partial charge in [0.2, 0.25) is 0 Å². The van der Waals surface area contributed by atoms with E-state index in [1.54, 1.807) is 0 Å². The van der Waals surface area contributed by atoms with Crippen molar-refractivity contribution in [3.05, 3.63) is 28.5 Å². The summed E-state index contributed by atoms with van der Waals surface area (Å²) in [6.07, 6.45) is 0. The van der Waals surface area contributed by atoms with Crippen LogP contribution in [0, 0.1) is 5.82 Å². The first-order valence-electron chi connectivity index (χ1n) is 3.72. The van der Waals surface area contributed by atoms with Crippen LogP contribution in [0.25, 0.3) is 0 Å². The molecule has 0 aromatic heterocycles. The van der Waals surface area contributed by atoms with Gasteiger partial charge in [-0.15, -0.1) is 0 Å². The summed E-state index contributed by atoms with van der Waals surface area (Å²) >= 11 is 8.81. The number of alkyl halides is 1. The second-order valence-electron chi connectivity index (χ2n) is 2.53. The first-order chi connectivity index (χ1) is 6.60. The first kappa shape index (κ1) is 11.5. The van der Waals surface area contributed by atoms with Crippen molar-refractivity contribution in [2.24, 2.45) is 0 Å². The third kappa shape index (κ3) is 2.25. The van der Waals surface area contributed by atoms with Crippen LogP contribution in [0.5, 0.6) is 5.75 Å². The average Bonchev–Trinajstić information content (AvgIpc) is 2.19. The van der Waals surface area contributed by atoms with Crippen LogP contribution in [-0.4, -0.2) is 18.2 Å². The van der Waals surface area contributed by atoms with E-state index < -0.39 is 5.82 Å². The summed E-state index contributed by atoms with van der Waals surface area (Å²) in [5.41, 5.74) is 0.125. The molecule has 5 heteroatoms. The average molecular weight is 282 g/mol. The Balaban J connectivity index is 3.29. The van der Waals surface area contributed by atoms with Crippen LogP contribution in [0.4, 0.5) is 4.39 Å². The summed E-state index contributed by atoms with van der Waals surface area (Å²) in [6.45, 7) is 0. The monoisotopic (exact) mass is 280 g/mol. The summed E-state index contributed by atoms with van der Waals surface area (Å²) in [4.78, 5) is 11.3. The second kappa shape index (κ2) is 4.75. The predicted molar refractivity (Wildman–Crippen MR) is 56.1 cm³/mol. The van der Waals surface area contributed by atoms with Crippen LogP contribution in [0.2, 0.25) is 5.02 Å². The van der Waals surface area contributed by atoms with Crippen LogP contribution in [0.3, 0.4) is 0 Å². The summed E-state index contributed by atoms with van der Waals surface area (Å²) < 4.78 is 17.8. The lowest BCUT2D eigenvalue weighted by atomic mass is 10.1. The van der Waals surface area contributed by atoms with E-state index in [4.69, 9.17) is 16.3 Å². The lowest BCUT2D eigenvalue weighted by Gasteiger charge is -2.06. The minimum Gasteiger partial charge on any atom is -0.495 e. The van der Waals surface area contributed by atoms with Gasteiger partial charge in [-0.1, -0.05) is 27.5 Å². The maximum atomic E-state index is 13.0. The first-order valence-corrected chi connectivity index (χ1v) is 5.22. The molecule has 0 atom stereocenters. The van der Waals surface area contributed by atoms with Crippen molar-refractivity contribution in [2.75, 3.05) is 12.4 Å². The minimum absolute atomic E-state index is 0.0966.